The monoisotopic (exact) mass is 261 g/mol. The molecule has 0 bridgehead atoms. The number of hydrogen-bond acceptors (Lipinski definition) is 1. The zero-order chi connectivity index (χ0) is 14.4. The largest absolute Gasteiger partial charge is 0.317 e. The molecular formula is C18H31N. The van der Waals surface area contributed by atoms with Gasteiger partial charge in [0.15, 0.2) is 0 Å². The molecule has 0 atom stereocenters. The van der Waals surface area contributed by atoms with Gasteiger partial charge in [0.25, 0.3) is 0 Å². The first kappa shape index (κ1) is 16.2. The number of unbranched alkanes of at least 4 members (excludes halogenated alkanes) is 1. The summed E-state index contributed by atoms with van der Waals surface area (Å²) in [7, 11) is 0. The standard InChI is InChI=1S/C18H31N/c1-7-11-19-12-9-8-10-18-16(5)14(3)13(2)15(4)17(18)6/h19H,7-12H2,1-6H3. The molecule has 1 rings (SSSR count). The molecule has 0 amide bonds. The molecular weight excluding hydrogens is 230 g/mol. The summed E-state index contributed by atoms with van der Waals surface area (Å²) in [5.74, 6) is 0. The summed E-state index contributed by atoms with van der Waals surface area (Å²) in [4.78, 5) is 0. The molecule has 0 spiro atoms. The van der Waals surface area contributed by atoms with E-state index in [2.05, 4.69) is 46.9 Å². The lowest BCUT2D eigenvalue weighted by atomic mass is 9.87. The molecule has 0 heterocycles. The van der Waals surface area contributed by atoms with E-state index < -0.39 is 0 Å². The summed E-state index contributed by atoms with van der Waals surface area (Å²) in [6.07, 6.45) is 5.03. The third kappa shape index (κ3) is 4.07. The maximum Gasteiger partial charge on any atom is -0.00488 e. The van der Waals surface area contributed by atoms with Gasteiger partial charge in [-0.3, -0.25) is 0 Å². The second-order valence-electron chi connectivity index (χ2n) is 5.81. The summed E-state index contributed by atoms with van der Waals surface area (Å²) in [5.41, 5.74) is 9.08. The van der Waals surface area contributed by atoms with Crippen LogP contribution in [0.3, 0.4) is 0 Å². The van der Waals surface area contributed by atoms with Crippen molar-refractivity contribution in [2.45, 2.75) is 67.2 Å². The Labute approximate surface area is 119 Å². The Morgan fingerprint density at radius 1 is 0.684 bits per heavy atom. The second-order valence-corrected chi connectivity index (χ2v) is 5.81. The fourth-order valence-electron chi connectivity index (χ4n) is 2.81. The van der Waals surface area contributed by atoms with E-state index in [1.807, 2.05) is 0 Å². The normalized spacial score (nSPS) is 11.1. The Morgan fingerprint density at radius 3 is 1.74 bits per heavy atom. The molecule has 0 aliphatic rings. The molecule has 0 fully saturated rings. The van der Waals surface area contributed by atoms with E-state index in [4.69, 9.17) is 0 Å². The van der Waals surface area contributed by atoms with E-state index in [9.17, 15) is 0 Å². The van der Waals surface area contributed by atoms with Gasteiger partial charge in [0, 0.05) is 0 Å². The lowest BCUT2D eigenvalue weighted by molar-refractivity contribution is 0.615. The van der Waals surface area contributed by atoms with Crippen molar-refractivity contribution in [2.75, 3.05) is 13.1 Å². The van der Waals surface area contributed by atoms with E-state index in [1.165, 1.54) is 53.5 Å². The van der Waals surface area contributed by atoms with Crippen LogP contribution in [0, 0.1) is 34.6 Å². The molecule has 0 aliphatic heterocycles. The molecule has 1 aromatic carbocycles. The van der Waals surface area contributed by atoms with Crippen molar-refractivity contribution in [1.29, 1.82) is 0 Å². The quantitative estimate of drug-likeness (QED) is 0.710. The molecule has 19 heavy (non-hydrogen) atoms. The molecule has 0 radical (unpaired) electrons. The molecule has 108 valence electrons. The van der Waals surface area contributed by atoms with Crippen LogP contribution in [0.5, 0.6) is 0 Å². The first-order valence-corrected chi connectivity index (χ1v) is 7.77. The van der Waals surface area contributed by atoms with Crippen LogP contribution in [0.2, 0.25) is 0 Å². The van der Waals surface area contributed by atoms with E-state index in [0.29, 0.717) is 0 Å². The highest BCUT2D eigenvalue weighted by molar-refractivity contribution is 5.49. The van der Waals surface area contributed by atoms with E-state index in [-0.39, 0.29) is 0 Å². The van der Waals surface area contributed by atoms with Gasteiger partial charge >= 0.3 is 0 Å². The molecule has 0 saturated heterocycles. The minimum Gasteiger partial charge on any atom is -0.317 e. The van der Waals surface area contributed by atoms with Crippen molar-refractivity contribution in [2.24, 2.45) is 0 Å². The first-order chi connectivity index (χ1) is 9.00. The van der Waals surface area contributed by atoms with Crippen LogP contribution in [0.25, 0.3) is 0 Å². The molecule has 1 N–H and O–H groups in total. The van der Waals surface area contributed by atoms with Crippen LogP contribution in [-0.4, -0.2) is 13.1 Å². The minimum absolute atomic E-state index is 1.15. The fraction of sp³-hybridized carbons (Fsp3) is 0.667. The first-order valence-electron chi connectivity index (χ1n) is 7.77. The third-order valence-electron chi connectivity index (χ3n) is 4.61. The van der Waals surface area contributed by atoms with Gasteiger partial charge in [-0.05, 0) is 107 Å². The maximum absolute atomic E-state index is 3.48. The summed E-state index contributed by atoms with van der Waals surface area (Å²) < 4.78 is 0. The molecule has 0 aromatic heterocycles. The average molecular weight is 261 g/mol. The van der Waals surface area contributed by atoms with Gasteiger partial charge in [-0.1, -0.05) is 6.92 Å². The van der Waals surface area contributed by atoms with Crippen LogP contribution in [0.4, 0.5) is 0 Å². The second kappa shape index (κ2) is 7.69. The summed E-state index contributed by atoms with van der Waals surface area (Å²) in [6.45, 7) is 15.9. The maximum atomic E-state index is 3.48. The van der Waals surface area contributed by atoms with Crippen molar-refractivity contribution in [3.63, 3.8) is 0 Å². The summed E-state index contributed by atoms with van der Waals surface area (Å²) >= 11 is 0. The molecule has 0 aliphatic carbocycles. The minimum atomic E-state index is 1.15. The highest BCUT2D eigenvalue weighted by Crippen LogP contribution is 2.27. The summed E-state index contributed by atoms with van der Waals surface area (Å²) in [6, 6.07) is 0. The highest BCUT2D eigenvalue weighted by Gasteiger charge is 2.11. The van der Waals surface area contributed by atoms with Crippen molar-refractivity contribution < 1.29 is 0 Å². The van der Waals surface area contributed by atoms with Crippen molar-refractivity contribution in [1.82, 2.24) is 5.32 Å². The van der Waals surface area contributed by atoms with Gasteiger partial charge in [-0.25, -0.2) is 0 Å². The van der Waals surface area contributed by atoms with Crippen molar-refractivity contribution in [3.05, 3.63) is 33.4 Å². The Kier molecular flexibility index (Phi) is 6.57. The highest BCUT2D eigenvalue weighted by atomic mass is 14.8. The van der Waals surface area contributed by atoms with Gasteiger partial charge in [0.1, 0.15) is 0 Å². The third-order valence-corrected chi connectivity index (χ3v) is 4.61. The topological polar surface area (TPSA) is 12.0 Å². The SMILES string of the molecule is CCCNCCCCc1c(C)c(C)c(C)c(C)c1C. The van der Waals surface area contributed by atoms with Crippen molar-refractivity contribution in [3.8, 4) is 0 Å². The Bertz CT molecular complexity index is 389. The van der Waals surface area contributed by atoms with E-state index in [0.717, 1.165) is 13.1 Å². The lowest BCUT2D eigenvalue weighted by Crippen LogP contribution is -2.16. The Morgan fingerprint density at radius 2 is 1.21 bits per heavy atom. The van der Waals surface area contributed by atoms with Crippen molar-refractivity contribution >= 4 is 0 Å². The fourth-order valence-corrected chi connectivity index (χ4v) is 2.81. The van der Waals surface area contributed by atoms with E-state index >= 15 is 0 Å². The zero-order valence-electron chi connectivity index (χ0n) is 13.7. The number of hydrogen-bond donors (Lipinski definition) is 1. The molecule has 0 saturated carbocycles. The van der Waals surface area contributed by atoms with Gasteiger partial charge in [-0.15, -0.1) is 0 Å². The predicted octanol–water partition coefficient (Wildman–Crippen LogP) is 4.55. The smallest absolute Gasteiger partial charge is 0.00488 e. The van der Waals surface area contributed by atoms with Crippen LogP contribution < -0.4 is 5.32 Å². The predicted molar refractivity (Wildman–Crippen MR) is 86.2 cm³/mol. The number of benzene rings is 1. The summed E-state index contributed by atoms with van der Waals surface area (Å²) in [5, 5.41) is 3.48. The molecule has 0 unspecified atom stereocenters. The molecule has 1 nitrogen and oxygen atoms in total. The van der Waals surface area contributed by atoms with Crippen LogP contribution >= 0.6 is 0 Å². The number of rotatable bonds is 7. The molecule has 1 heteroatoms. The number of nitrogens with one attached hydrogen (secondary N) is 1. The Hall–Kier alpha value is -0.820. The van der Waals surface area contributed by atoms with Crippen LogP contribution in [0.15, 0.2) is 0 Å². The van der Waals surface area contributed by atoms with E-state index in [1.54, 1.807) is 5.56 Å². The van der Waals surface area contributed by atoms with Gasteiger partial charge in [-0.2, -0.15) is 0 Å². The van der Waals surface area contributed by atoms with Crippen LogP contribution in [-0.2, 0) is 6.42 Å². The van der Waals surface area contributed by atoms with Crippen LogP contribution in [0.1, 0.15) is 59.6 Å². The van der Waals surface area contributed by atoms with Gasteiger partial charge in [0.05, 0.1) is 0 Å². The molecule has 1 aromatic rings. The lowest BCUT2D eigenvalue weighted by Gasteiger charge is -2.18. The Balaban J connectivity index is 2.64. The van der Waals surface area contributed by atoms with Gasteiger partial charge < -0.3 is 5.32 Å². The average Bonchev–Trinajstić information content (AvgIpc) is 2.41. The van der Waals surface area contributed by atoms with Gasteiger partial charge in [0.2, 0.25) is 0 Å². The zero-order valence-corrected chi connectivity index (χ0v) is 13.7.